The molecular weight excluding hydrogens is 522 g/mol. The Balaban J connectivity index is 1.39. The zero-order chi connectivity index (χ0) is 28.2. The van der Waals surface area contributed by atoms with Gasteiger partial charge in [0.25, 0.3) is 0 Å². The van der Waals surface area contributed by atoms with Crippen molar-refractivity contribution in [2.24, 2.45) is 4.99 Å². The van der Waals surface area contributed by atoms with Gasteiger partial charge in [0.05, 0.1) is 36.1 Å². The maximum absolute atomic E-state index is 14.1. The first kappa shape index (κ1) is 27.3. The van der Waals surface area contributed by atoms with Crippen LogP contribution in [0.25, 0.3) is 5.69 Å². The van der Waals surface area contributed by atoms with Crippen LogP contribution in [0, 0.1) is 18.6 Å². The molecule has 0 spiro atoms. The van der Waals surface area contributed by atoms with Gasteiger partial charge in [0.2, 0.25) is 5.88 Å². The average molecular weight is 553 g/mol. The van der Waals surface area contributed by atoms with Gasteiger partial charge < -0.3 is 25.2 Å². The van der Waals surface area contributed by atoms with E-state index in [2.05, 4.69) is 25.6 Å². The second kappa shape index (κ2) is 11.8. The van der Waals surface area contributed by atoms with E-state index >= 15 is 0 Å². The number of urea groups is 1. The molecule has 2 aromatic carbocycles. The van der Waals surface area contributed by atoms with Gasteiger partial charge in [0.1, 0.15) is 18.5 Å². The minimum Gasteiger partial charge on any atom is -0.474 e. The second-order valence-electron chi connectivity index (χ2n) is 9.69. The molecule has 12 heteroatoms. The maximum Gasteiger partial charge on any atom is 0.320 e. The number of amides is 2. The third-order valence-electron chi connectivity index (χ3n) is 6.94. The van der Waals surface area contributed by atoms with Crippen molar-refractivity contribution in [1.82, 2.24) is 20.0 Å². The Bertz CT molecular complexity index is 1430. The summed E-state index contributed by atoms with van der Waals surface area (Å²) in [6, 6.07) is 12.0. The predicted octanol–water partition coefficient (Wildman–Crippen LogP) is 2.75. The molecular formula is C28H30F2N6O4. The van der Waals surface area contributed by atoms with Gasteiger partial charge in [-0.3, -0.25) is 10.3 Å². The van der Waals surface area contributed by atoms with Gasteiger partial charge in [0.15, 0.2) is 11.6 Å². The highest BCUT2D eigenvalue weighted by Crippen LogP contribution is 2.32. The number of likely N-dealkylation sites (tertiary alicyclic amines) is 1. The summed E-state index contributed by atoms with van der Waals surface area (Å²) < 4.78 is 34.9. The molecule has 40 heavy (non-hydrogen) atoms. The van der Waals surface area contributed by atoms with Crippen molar-refractivity contribution in [2.75, 3.05) is 38.2 Å². The predicted molar refractivity (Wildman–Crippen MR) is 145 cm³/mol. The Morgan fingerprint density at radius 2 is 1.98 bits per heavy atom. The van der Waals surface area contributed by atoms with Crippen molar-refractivity contribution in [2.45, 2.75) is 25.0 Å². The van der Waals surface area contributed by atoms with Crippen LogP contribution in [0.5, 0.6) is 5.88 Å². The standard InChI is InChI=1S/C28H30F2N6O4/c1-17-26(36(19-5-3-2-4-6-19)34-27(17)40-16-21(38)15-37)33-28(39)32-25-14-35(20-9-10-31-12-20)13-22(25)18-7-8-23(29)24(30)11-18/h2-9,11-12,21-22,25,37-38H,10,13-16H2,1H3,(H2,32,33,39)/t21-,22+,25-/m1/s1. The lowest BCUT2D eigenvalue weighted by Gasteiger charge is -2.21. The number of ether oxygens (including phenoxy) is 1. The van der Waals surface area contributed by atoms with Crippen molar-refractivity contribution in [1.29, 1.82) is 0 Å². The molecule has 3 aromatic rings. The number of carbonyl (C=O) groups is 1. The van der Waals surface area contributed by atoms with Gasteiger partial charge >= 0.3 is 6.03 Å². The quantitative estimate of drug-likeness (QED) is 0.324. The molecule has 3 heterocycles. The van der Waals surface area contributed by atoms with E-state index in [4.69, 9.17) is 9.84 Å². The van der Waals surface area contributed by atoms with Gasteiger partial charge in [-0.1, -0.05) is 24.3 Å². The number of aliphatic hydroxyl groups is 2. The normalized spacial score (nSPS) is 19.0. The highest BCUT2D eigenvalue weighted by Gasteiger charge is 2.36. The monoisotopic (exact) mass is 552 g/mol. The zero-order valence-electron chi connectivity index (χ0n) is 21.8. The van der Waals surface area contributed by atoms with E-state index in [1.54, 1.807) is 13.1 Å². The van der Waals surface area contributed by atoms with E-state index in [1.165, 1.54) is 16.8 Å². The molecule has 0 aliphatic carbocycles. The number of anilines is 1. The minimum absolute atomic E-state index is 0.179. The fourth-order valence-electron chi connectivity index (χ4n) is 4.85. The topological polar surface area (TPSA) is 124 Å². The van der Waals surface area contributed by atoms with E-state index < -0.39 is 36.4 Å². The molecule has 0 unspecified atom stereocenters. The van der Waals surface area contributed by atoms with Gasteiger partial charge in [-0.25, -0.2) is 18.3 Å². The number of rotatable bonds is 9. The lowest BCUT2D eigenvalue weighted by atomic mass is 9.94. The van der Waals surface area contributed by atoms with Gasteiger partial charge in [-0.15, -0.1) is 5.10 Å². The molecule has 10 nitrogen and oxygen atoms in total. The third kappa shape index (κ3) is 5.82. The largest absolute Gasteiger partial charge is 0.474 e. The molecule has 1 saturated heterocycles. The molecule has 1 aromatic heterocycles. The molecule has 3 atom stereocenters. The summed E-state index contributed by atoms with van der Waals surface area (Å²) >= 11 is 0. The van der Waals surface area contributed by atoms with Crippen LogP contribution in [-0.2, 0) is 0 Å². The molecule has 2 amide bonds. The smallest absolute Gasteiger partial charge is 0.320 e. The molecule has 0 saturated carbocycles. The van der Waals surface area contributed by atoms with Crippen molar-refractivity contribution in [3.63, 3.8) is 0 Å². The van der Waals surface area contributed by atoms with Crippen LogP contribution in [-0.4, -0.2) is 82.1 Å². The van der Waals surface area contributed by atoms with Crippen LogP contribution in [0.15, 0.2) is 65.3 Å². The number of hydrogen-bond donors (Lipinski definition) is 4. The first-order valence-corrected chi connectivity index (χ1v) is 12.9. The summed E-state index contributed by atoms with van der Waals surface area (Å²) in [6.45, 7) is 2.58. The number of carbonyl (C=O) groups excluding carboxylic acids is 1. The lowest BCUT2D eigenvalue weighted by molar-refractivity contribution is 0.0518. The summed E-state index contributed by atoms with van der Waals surface area (Å²) in [5.74, 6) is -1.65. The van der Waals surface area contributed by atoms with Crippen molar-refractivity contribution in [3.05, 3.63) is 83.1 Å². The summed E-state index contributed by atoms with van der Waals surface area (Å²) in [7, 11) is 0. The van der Waals surface area contributed by atoms with E-state index in [1.807, 2.05) is 36.4 Å². The summed E-state index contributed by atoms with van der Waals surface area (Å²) in [5, 5.41) is 29.2. The molecule has 5 rings (SSSR count). The Labute approximate surface area is 229 Å². The summed E-state index contributed by atoms with van der Waals surface area (Å²) in [6.07, 6.45) is 2.66. The van der Waals surface area contributed by atoms with Gasteiger partial charge in [-0.2, -0.15) is 0 Å². The number of aromatic nitrogens is 2. The number of benzene rings is 2. The first-order chi connectivity index (χ1) is 19.3. The van der Waals surface area contributed by atoms with Crippen LogP contribution in [0.4, 0.5) is 19.4 Å². The summed E-state index contributed by atoms with van der Waals surface area (Å²) in [5.41, 5.74) is 2.67. The first-order valence-electron chi connectivity index (χ1n) is 12.9. The van der Waals surface area contributed by atoms with E-state index in [-0.39, 0.29) is 18.4 Å². The molecule has 2 aliphatic heterocycles. The fourth-order valence-corrected chi connectivity index (χ4v) is 4.85. The van der Waals surface area contributed by atoms with Crippen LogP contribution < -0.4 is 15.4 Å². The highest BCUT2D eigenvalue weighted by atomic mass is 19.2. The number of aliphatic hydroxyl groups excluding tert-OH is 2. The average Bonchev–Trinajstić information content (AvgIpc) is 3.70. The molecule has 1 fully saturated rings. The maximum atomic E-state index is 14.1. The fraction of sp³-hybridized carbons (Fsp3) is 0.321. The number of aliphatic imine (C=N–C) groups is 1. The van der Waals surface area contributed by atoms with Crippen molar-refractivity contribution in [3.8, 4) is 11.6 Å². The highest BCUT2D eigenvalue weighted by molar-refractivity contribution is 5.90. The van der Waals surface area contributed by atoms with Crippen LogP contribution in [0.1, 0.15) is 17.0 Å². The Morgan fingerprint density at radius 1 is 1.18 bits per heavy atom. The minimum atomic E-state index is -1.08. The zero-order valence-corrected chi connectivity index (χ0v) is 21.8. The van der Waals surface area contributed by atoms with Crippen LogP contribution >= 0.6 is 0 Å². The number of hydrogen-bond acceptors (Lipinski definition) is 7. The Morgan fingerprint density at radius 3 is 2.67 bits per heavy atom. The van der Waals surface area contributed by atoms with Crippen molar-refractivity contribution >= 4 is 18.1 Å². The number of halogens is 2. The number of nitrogens with one attached hydrogen (secondary N) is 2. The van der Waals surface area contributed by atoms with E-state index in [9.17, 15) is 18.7 Å². The third-order valence-corrected chi connectivity index (χ3v) is 6.94. The second-order valence-corrected chi connectivity index (χ2v) is 9.69. The SMILES string of the molecule is Cc1c(OC[C@H](O)CO)nn(-c2ccccc2)c1NC(=O)N[C@@H]1CN(C2=CCN=C2)C[C@H]1c1ccc(F)c(F)c1. The number of nitrogens with zero attached hydrogens (tertiary/aromatic N) is 4. The van der Waals surface area contributed by atoms with E-state index in [0.717, 1.165) is 11.8 Å². The van der Waals surface area contributed by atoms with Crippen molar-refractivity contribution < 1.29 is 28.5 Å². The lowest BCUT2D eigenvalue weighted by Crippen LogP contribution is -2.42. The van der Waals surface area contributed by atoms with Gasteiger partial charge in [-0.05, 0) is 42.8 Å². The Kier molecular flexibility index (Phi) is 8.08. The Hall–Kier alpha value is -4.29. The molecule has 0 bridgehead atoms. The summed E-state index contributed by atoms with van der Waals surface area (Å²) in [4.78, 5) is 19.7. The van der Waals surface area contributed by atoms with E-state index in [0.29, 0.717) is 42.3 Å². The van der Waals surface area contributed by atoms with Crippen LogP contribution in [0.2, 0.25) is 0 Å². The van der Waals surface area contributed by atoms with Crippen LogP contribution in [0.3, 0.4) is 0 Å². The molecule has 4 N–H and O–H groups in total. The molecule has 210 valence electrons. The number of para-hydroxylation sites is 1. The molecule has 2 aliphatic rings. The number of allylic oxidation sites excluding steroid dienone is 1. The molecule has 0 radical (unpaired) electrons. The van der Waals surface area contributed by atoms with Gasteiger partial charge in [0, 0.05) is 25.2 Å².